The van der Waals surface area contributed by atoms with E-state index in [2.05, 4.69) is 10.1 Å². The first-order valence-corrected chi connectivity index (χ1v) is 7.55. The molecule has 0 saturated carbocycles. The van der Waals surface area contributed by atoms with E-state index in [1.54, 1.807) is 6.92 Å². The molecule has 0 N–H and O–H groups in total. The van der Waals surface area contributed by atoms with Crippen LogP contribution in [0.1, 0.15) is 23.0 Å². The number of esters is 1. The molecular formula is C15H13N3O3S. The van der Waals surface area contributed by atoms with E-state index in [-0.39, 0.29) is 12.3 Å². The number of carbonyl (C=O) groups excluding carboxylic acids is 1. The lowest BCUT2D eigenvalue weighted by Gasteiger charge is -1.99. The zero-order valence-electron chi connectivity index (χ0n) is 12.1. The first-order valence-electron chi connectivity index (χ1n) is 6.73. The van der Waals surface area contributed by atoms with Gasteiger partial charge < -0.3 is 4.74 Å². The molecule has 6 nitrogen and oxygen atoms in total. The summed E-state index contributed by atoms with van der Waals surface area (Å²) < 4.78 is 6.07. The largest absolute Gasteiger partial charge is 0.461 e. The molecule has 3 aromatic rings. The third-order valence-corrected chi connectivity index (χ3v) is 3.99. The molecule has 0 aliphatic heterocycles. The number of fused-ring (bicyclic) bond motifs is 1. The van der Waals surface area contributed by atoms with Crippen molar-refractivity contribution in [3.63, 3.8) is 0 Å². The molecule has 0 amide bonds. The molecule has 2 heterocycles. The lowest BCUT2D eigenvalue weighted by atomic mass is 10.2. The fourth-order valence-corrected chi connectivity index (χ4v) is 2.84. The summed E-state index contributed by atoms with van der Waals surface area (Å²) in [7, 11) is 0. The van der Waals surface area contributed by atoms with Crippen LogP contribution in [0.25, 0.3) is 15.5 Å². The number of hydrogen-bond acceptors (Lipinski definition) is 6. The highest BCUT2D eigenvalue weighted by Gasteiger charge is 2.15. The second-order valence-corrected chi connectivity index (χ2v) is 5.62. The molecule has 3 rings (SSSR count). The van der Waals surface area contributed by atoms with E-state index >= 15 is 0 Å². The average Bonchev–Trinajstić information content (AvgIpc) is 2.93. The van der Waals surface area contributed by atoms with Crippen molar-refractivity contribution >= 4 is 22.3 Å². The van der Waals surface area contributed by atoms with Crippen molar-refractivity contribution < 1.29 is 9.53 Å². The fraction of sp³-hybridized carbons (Fsp3) is 0.200. The molecule has 1 aromatic carbocycles. The molecule has 0 aliphatic carbocycles. The third kappa shape index (κ3) is 2.62. The van der Waals surface area contributed by atoms with Gasteiger partial charge in [-0.2, -0.15) is 9.61 Å². The third-order valence-electron chi connectivity index (χ3n) is 3.03. The second kappa shape index (κ2) is 5.69. The first kappa shape index (κ1) is 14.4. The zero-order chi connectivity index (χ0) is 15.7. The summed E-state index contributed by atoms with van der Waals surface area (Å²) in [6.45, 7) is 3.93. The van der Waals surface area contributed by atoms with Crippen molar-refractivity contribution in [2.24, 2.45) is 0 Å². The number of carbonyl (C=O) groups is 1. The van der Waals surface area contributed by atoms with E-state index in [1.165, 1.54) is 15.9 Å². The van der Waals surface area contributed by atoms with E-state index in [0.29, 0.717) is 9.97 Å². The summed E-state index contributed by atoms with van der Waals surface area (Å²) in [6.07, 6.45) is 0. The van der Waals surface area contributed by atoms with Gasteiger partial charge in [0.05, 0.1) is 6.61 Å². The molecule has 0 bridgehead atoms. The van der Waals surface area contributed by atoms with Crippen LogP contribution in [0.2, 0.25) is 0 Å². The van der Waals surface area contributed by atoms with Gasteiger partial charge in [0.25, 0.3) is 5.56 Å². The van der Waals surface area contributed by atoms with Gasteiger partial charge >= 0.3 is 5.97 Å². The van der Waals surface area contributed by atoms with Crippen LogP contribution >= 0.6 is 11.3 Å². The highest BCUT2D eigenvalue weighted by atomic mass is 32.1. The van der Waals surface area contributed by atoms with Crippen molar-refractivity contribution in [3.8, 4) is 10.6 Å². The topological polar surface area (TPSA) is 73.6 Å². The lowest BCUT2D eigenvalue weighted by Crippen LogP contribution is -2.18. The summed E-state index contributed by atoms with van der Waals surface area (Å²) in [4.78, 5) is 28.3. The number of benzene rings is 1. The van der Waals surface area contributed by atoms with Crippen LogP contribution in [0.5, 0.6) is 0 Å². The van der Waals surface area contributed by atoms with Crippen LogP contribution < -0.4 is 5.56 Å². The molecule has 0 radical (unpaired) electrons. The lowest BCUT2D eigenvalue weighted by molar-refractivity contribution is 0.0519. The van der Waals surface area contributed by atoms with Crippen LogP contribution in [0.15, 0.2) is 35.1 Å². The Kier molecular flexibility index (Phi) is 3.72. The second-order valence-electron chi connectivity index (χ2n) is 4.67. The first-order chi connectivity index (χ1) is 10.6. The fourth-order valence-electron chi connectivity index (χ4n) is 1.93. The van der Waals surface area contributed by atoms with Crippen molar-refractivity contribution in [3.05, 3.63) is 51.9 Å². The maximum Gasteiger partial charge on any atom is 0.357 e. The molecule has 0 unspecified atom stereocenters. The summed E-state index contributed by atoms with van der Waals surface area (Å²) in [5.41, 5.74) is 1.65. The van der Waals surface area contributed by atoms with E-state index in [9.17, 15) is 9.59 Å². The number of aryl methyl sites for hydroxylation is 1. The predicted octanol–water partition coefficient (Wildman–Crippen LogP) is 2.30. The SMILES string of the molecule is CCOC(=O)c1cc(=O)n2nc(-c3ccc(C)cc3)sc2n1. The van der Waals surface area contributed by atoms with Gasteiger partial charge in [0.2, 0.25) is 4.96 Å². The number of rotatable bonds is 3. The summed E-state index contributed by atoms with van der Waals surface area (Å²) in [5.74, 6) is -0.604. The van der Waals surface area contributed by atoms with E-state index < -0.39 is 11.5 Å². The molecule has 0 fully saturated rings. The van der Waals surface area contributed by atoms with Gasteiger partial charge in [-0.15, -0.1) is 0 Å². The number of hydrogen-bond donors (Lipinski definition) is 0. The maximum atomic E-state index is 12.1. The maximum absolute atomic E-state index is 12.1. The Morgan fingerprint density at radius 1 is 1.32 bits per heavy atom. The van der Waals surface area contributed by atoms with Crippen LogP contribution in [0.3, 0.4) is 0 Å². The molecule has 7 heteroatoms. The standard InChI is InChI=1S/C15H13N3O3S/c1-3-21-14(20)11-8-12(19)18-15(16-11)22-13(17-18)10-6-4-9(2)5-7-10/h4-8H,3H2,1-2H3. The highest BCUT2D eigenvalue weighted by Crippen LogP contribution is 2.24. The molecular weight excluding hydrogens is 302 g/mol. The van der Waals surface area contributed by atoms with Crippen molar-refractivity contribution in [1.29, 1.82) is 0 Å². The Morgan fingerprint density at radius 3 is 2.73 bits per heavy atom. The summed E-state index contributed by atoms with van der Waals surface area (Å²) >= 11 is 1.25. The van der Waals surface area contributed by atoms with E-state index in [0.717, 1.165) is 17.2 Å². The Morgan fingerprint density at radius 2 is 2.05 bits per heavy atom. The molecule has 2 aromatic heterocycles. The van der Waals surface area contributed by atoms with Gasteiger partial charge in [-0.25, -0.2) is 9.78 Å². The van der Waals surface area contributed by atoms with Gasteiger partial charge in [0, 0.05) is 11.6 Å². The van der Waals surface area contributed by atoms with Gasteiger partial charge in [-0.1, -0.05) is 41.2 Å². The Bertz CT molecular complexity index is 897. The molecule has 22 heavy (non-hydrogen) atoms. The number of ether oxygens (including phenoxy) is 1. The molecule has 0 saturated heterocycles. The van der Waals surface area contributed by atoms with Crippen LogP contribution in [-0.4, -0.2) is 27.2 Å². The quantitative estimate of drug-likeness (QED) is 0.693. The van der Waals surface area contributed by atoms with Crippen LogP contribution in [-0.2, 0) is 4.74 Å². The molecule has 112 valence electrons. The monoisotopic (exact) mass is 315 g/mol. The molecule has 0 aliphatic rings. The van der Waals surface area contributed by atoms with Gasteiger partial charge in [0.1, 0.15) is 5.01 Å². The van der Waals surface area contributed by atoms with Gasteiger partial charge in [0.15, 0.2) is 5.69 Å². The van der Waals surface area contributed by atoms with E-state index in [1.807, 2.05) is 31.2 Å². The molecule has 0 atom stereocenters. The van der Waals surface area contributed by atoms with Crippen LogP contribution in [0.4, 0.5) is 0 Å². The normalized spacial score (nSPS) is 10.8. The highest BCUT2D eigenvalue weighted by molar-refractivity contribution is 7.19. The smallest absolute Gasteiger partial charge is 0.357 e. The van der Waals surface area contributed by atoms with Crippen molar-refractivity contribution in [1.82, 2.24) is 14.6 Å². The van der Waals surface area contributed by atoms with Gasteiger partial charge in [-0.3, -0.25) is 4.79 Å². The summed E-state index contributed by atoms with van der Waals surface area (Å²) in [5, 5.41) is 4.94. The number of nitrogens with zero attached hydrogens (tertiary/aromatic N) is 3. The Labute approximate surface area is 130 Å². The Hall–Kier alpha value is -2.54. The predicted molar refractivity (Wildman–Crippen MR) is 83.3 cm³/mol. The Balaban J connectivity index is 2.09. The number of aromatic nitrogens is 3. The zero-order valence-corrected chi connectivity index (χ0v) is 12.9. The minimum Gasteiger partial charge on any atom is -0.461 e. The van der Waals surface area contributed by atoms with Crippen molar-refractivity contribution in [2.45, 2.75) is 13.8 Å². The summed E-state index contributed by atoms with van der Waals surface area (Å²) in [6, 6.07) is 8.96. The van der Waals surface area contributed by atoms with Gasteiger partial charge in [-0.05, 0) is 13.8 Å². The average molecular weight is 315 g/mol. The minimum absolute atomic E-state index is 0.00551. The molecule has 0 spiro atoms. The van der Waals surface area contributed by atoms with E-state index in [4.69, 9.17) is 4.74 Å². The van der Waals surface area contributed by atoms with Crippen LogP contribution in [0, 0.1) is 6.92 Å². The minimum atomic E-state index is -0.604. The van der Waals surface area contributed by atoms with Crippen molar-refractivity contribution in [2.75, 3.05) is 6.61 Å².